The van der Waals surface area contributed by atoms with Crippen LogP contribution in [0.3, 0.4) is 0 Å². The van der Waals surface area contributed by atoms with Crippen molar-refractivity contribution in [3.05, 3.63) is 59.2 Å². The fourth-order valence-electron chi connectivity index (χ4n) is 3.25. The summed E-state index contributed by atoms with van der Waals surface area (Å²) in [5, 5.41) is 19.9. The SMILES string of the molecule is CNC(CCC(=O)O)C(=O)O.Nc1nc(N)c2cc(CCOC(=O)Cc3ccc(C=O)cc3)ccc2n1. The van der Waals surface area contributed by atoms with E-state index in [-0.39, 0.29) is 37.8 Å². The highest BCUT2D eigenvalue weighted by molar-refractivity contribution is 5.89. The predicted octanol–water partition coefficient (Wildman–Crippen LogP) is 1.46. The molecule has 0 saturated carbocycles. The van der Waals surface area contributed by atoms with Crippen LogP contribution in [0.5, 0.6) is 0 Å². The predicted molar refractivity (Wildman–Crippen MR) is 136 cm³/mol. The van der Waals surface area contributed by atoms with Gasteiger partial charge in [-0.25, -0.2) is 4.98 Å². The Morgan fingerprint density at radius 2 is 1.73 bits per heavy atom. The van der Waals surface area contributed by atoms with Crippen molar-refractivity contribution in [3.8, 4) is 0 Å². The molecule has 3 aromatic rings. The second-order valence-electron chi connectivity index (χ2n) is 7.94. The molecule has 0 radical (unpaired) electrons. The van der Waals surface area contributed by atoms with Crippen molar-refractivity contribution in [2.75, 3.05) is 25.1 Å². The van der Waals surface area contributed by atoms with Crippen LogP contribution in [0.15, 0.2) is 42.5 Å². The number of benzene rings is 2. The van der Waals surface area contributed by atoms with Crippen LogP contribution in [-0.2, 0) is 32.0 Å². The van der Waals surface area contributed by atoms with Gasteiger partial charge in [-0.3, -0.25) is 19.2 Å². The number of rotatable bonds is 11. The van der Waals surface area contributed by atoms with Gasteiger partial charge in [-0.2, -0.15) is 4.98 Å². The number of anilines is 2. The monoisotopic (exact) mass is 511 g/mol. The van der Waals surface area contributed by atoms with Crippen molar-refractivity contribution in [3.63, 3.8) is 0 Å². The average Bonchev–Trinajstić information content (AvgIpc) is 2.85. The number of aromatic nitrogens is 2. The molecule has 0 fully saturated rings. The molecular formula is C25H29N5O7. The van der Waals surface area contributed by atoms with E-state index < -0.39 is 18.0 Å². The molecule has 0 aliphatic rings. The van der Waals surface area contributed by atoms with E-state index in [1.54, 1.807) is 24.3 Å². The van der Waals surface area contributed by atoms with Crippen molar-refractivity contribution in [1.29, 1.82) is 0 Å². The highest BCUT2D eigenvalue weighted by atomic mass is 16.5. The number of carboxylic acid groups (broad SMARTS) is 2. The van der Waals surface area contributed by atoms with Gasteiger partial charge in [-0.05, 0) is 36.7 Å². The van der Waals surface area contributed by atoms with E-state index in [0.717, 1.165) is 22.8 Å². The van der Waals surface area contributed by atoms with E-state index in [4.69, 9.17) is 26.4 Å². The number of aliphatic carboxylic acids is 2. The summed E-state index contributed by atoms with van der Waals surface area (Å²) in [5.41, 5.74) is 14.5. The minimum Gasteiger partial charge on any atom is -0.481 e. The smallest absolute Gasteiger partial charge is 0.320 e. The Balaban J connectivity index is 0.000000371. The first-order chi connectivity index (χ1) is 17.6. The quantitative estimate of drug-likeness (QED) is 0.183. The molecule has 1 atom stereocenters. The summed E-state index contributed by atoms with van der Waals surface area (Å²) in [6.45, 7) is 0.256. The molecule has 1 heterocycles. The molecule has 3 rings (SSSR count). The Morgan fingerprint density at radius 1 is 1.05 bits per heavy atom. The summed E-state index contributed by atoms with van der Waals surface area (Å²) in [7, 11) is 1.49. The zero-order valence-corrected chi connectivity index (χ0v) is 20.2. The van der Waals surface area contributed by atoms with E-state index in [1.165, 1.54) is 7.05 Å². The molecule has 0 spiro atoms. The summed E-state index contributed by atoms with van der Waals surface area (Å²) in [6.07, 6.45) is 1.46. The molecule has 37 heavy (non-hydrogen) atoms. The Kier molecular flexibility index (Phi) is 10.9. The molecule has 0 amide bonds. The number of nitrogen functional groups attached to an aromatic ring is 2. The third-order valence-electron chi connectivity index (χ3n) is 5.22. The maximum atomic E-state index is 11.9. The summed E-state index contributed by atoms with van der Waals surface area (Å²) in [5.74, 6) is -1.86. The lowest BCUT2D eigenvalue weighted by atomic mass is 10.1. The maximum absolute atomic E-state index is 11.9. The molecule has 12 heteroatoms. The zero-order chi connectivity index (χ0) is 27.4. The summed E-state index contributed by atoms with van der Waals surface area (Å²) in [6, 6.07) is 11.6. The van der Waals surface area contributed by atoms with Gasteiger partial charge in [0.1, 0.15) is 18.1 Å². The number of carboxylic acids is 2. The number of nitrogens with two attached hydrogens (primary N) is 2. The number of aldehydes is 1. The van der Waals surface area contributed by atoms with Gasteiger partial charge in [0.25, 0.3) is 0 Å². The molecule has 7 N–H and O–H groups in total. The largest absolute Gasteiger partial charge is 0.481 e. The molecule has 0 aliphatic heterocycles. The minimum absolute atomic E-state index is 0.112. The van der Waals surface area contributed by atoms with Crippen molar-refractivity contribution >= 4 is 46.9 Å². The molecule has 12 nitrogen and oxygen atoms in total. The first kappa shape index (κ1) is 28.7. The number of nitrogens with one attached hydrogen (secondary N) is 1. The number of ether oxygens (including phenoxy) is 1. The van der Waals surface area contributed by atoms with E-state index in [1.807, 2.05) is 18.2 Å². The van der Waals surface area contributed by atoms with Gasteiger partial charge in [-0.15, -0.1) is 0 Å². The van der Waals surface area contributed by atoms with E-state index >= 15 is 0 Å². The first-order valence-corrected chi connectivity index (χ1v) is 11.3. The van der Waals surface area contributed by atoms with Gasteiger partial charge in [-0.1, -0.05) is 30.3 Å². The maximum Gasteiger partial charge on any atom is 0.320 e. The number of carbonyl (C=O) groups excluding carboxylic acids is 2. The Labute approximate surface area is 212 Å². The molecule has 1 aromatic heterocycles. The number of nitrogens with zero attached hydrogens (tertiary/aromatic N) is 2. The lowest BCUT2D eigenvalue weighted by Gasteiger charge is -2.07. The van der Waals surface area contributed by atoms with Gasteiger partial charge >= 0.3 is 17.9 Å². The van der Waals surface area contributed by atoms with Gasteiger partial charge in [0.15, 0.2) is 0 Å². The minimum atomic E-state index is -1.02. The topological polar surface area (TPSA) is 208 Å². The van der Waals surface area contributed by atoms with Crippen LogP contribution in [0, 0.1) is 0 Å². The molecule has 0 aliphatic carbocycles. The highest BCUT2D eigenvalue weighted by Gasteiger charge is 2.15. The second kappa shape index (κ2) is 14.1. The standard InChI is InChI=1S/C19H18N4O3.C6H11NO4/c20-18-15-9-13(5-6-16(15)22-19(21)23-18)7-8-26-17(25)10-12-1-3-14(11-24)4-2-12;1-7-4(6(10)11)2-3-5(8)9/h1-6,9,11H,7-8,10H2,(H4,20,21,22,23);4,7H,2-3H2,1H3,(H,8,9)(H,10,11). The average molecular weight is 512 g/mol. The lowest BCUT2D eigenvalue weighted by molar-refractivity contribution is -0.143. The third-order valence-corrected chi connectivity index (χ3v) is 5.22. The van der Waals surface area contributed by atoms with Crippen LogP contribution in [0.1, 0.15) is 34.3 Å². The molecule has 196 valence electrons. The number of hydrogen-bond acceptors (Lipinski definition) is 10. The van der Waals surface area contributed by atoms with Gasteiger partial charge < -0.3 is 31.7 Å². The lowest BCUT2D eigenvalue weighted by Crippen LogP contribution is -2.34. The highest BCUT2D eigenvalue weighted by Crippen LogP contribution is 2.20. The molecule has 2 aromatic carbocycles. The molecular weight excluding hydrogens is 482 g/mol. The van der Waals surface area contributed by atoms with Gasteiger partial charge in [0, 0.05) is 23.8 Å². The van der Waals surface area contributed by atoms with E-state index in [0.29, 0.717) is 23.3 Å². The normalized spacial score (nSPS) is 11.2. The van der Waals surface area contributed by atoms with Crippen molar-refractivity contribution in [2.24, 2.45) is 0 Å². The second-order valence-corrected chi connectivity index (χ2v) is 7.94. The zero-order valence-electron chi connectivity index (χ0n) is 20.2. The van der Waals surface area contributed by atoms with Crippen LogP contribution in [0.25, 0.3) is 10.9 Å². The Hall–Kier alpha value is -4.58. The van der Waals surface area contributed by atoms with Crippen molar-refractivity contribution in [2.45, 2.75) is 31.7 Å². The van der Waals surface area contributed by atoms with Crippen molar-refractivity contribution in [1.82, 2.24) is 15.3 Å². The number of carbonyl (C=O) groups is 4. The van der Waals surface area contributed by atoms with Crippen LogP contribution >= 0.6 is 0 Å². The molecule has 0 saturated heterocycles. The number of fused-ring (bicyclic) bond motifs is 1. The van der Waals surface area contributed by atoms with E-state index in [2.05, 4.69) is 15.3 Å². The van der Waals surface area contributed by atoms with Crippen molar-refractivity contribution < 1.29 is 34.1 Å². The number of esters is 1. The number of likely N-dealkylation sites (N-methyl/N-ethyl adjacent to an activating group) is 1. The van der Waals surface area contributed by atoms with Crippen LogP contribution in [0.2, 0.25) is 0 Å². The van der Waals surface area contributed by atoms with Gasteiger partial charge in [0.2, 0.25) is 5.95 Å². The van der Waals surface area contributed by atoms with Crippen LogP contribution in [0.4, 0.5) is 11.8 Å². The fraction of sp³-hybridized carbons (Fsp3) is 0.280. The summed E-state index contributed by atoms with van der Waals surface area (Å²) < 4.78 is 5.28. The summed E-state index contributed by atoms with van der Waals surface area (Å²) in [4.78, 5) is 50.9. The molecule has 0 bridgehead atoms. The summed E-state index contributed by atoms with van der Waals surface area (Å²) >= 11 is 0. The van der Waals surface area contributed by atoms with Crippen LogP contribution in [-0.4, -0.2) is 64.1 Å². The Bertz CT molecular complexity index is 1250. The van der Waals surface area contributed by atoms with Crippen LogP contribution < -0.4 is 16.8 Å². The molecule has 1 unspecified atom stereocenters. The fourth-order valence-corrected chi connectivity index (χ4v) is 3.25. The third kappa shape index (κ3) is 9.53. The first-order valence-electron chi connectivity index (χ1n) is 11.3. The van der Waals surface area contributed by atoms with Gasteiger partial charge in [0.05, 0.1) is 18.5 Å². The van der Waals surface area contributed by atoms with E-state index in [9.17, 15) is 19.2 Å². The Morgan fingerprint density at radius 3 is 2.32 bits per heavy atom. The number of hydrogen-bond donors (Lipinski definition) is 5.